The zero-order valence-electron chi connectivity index (χ0n) is 14.7. The second kappa shape index (κ2) is 7.62. The number of nitrogens with zero attached hydrogens (tertiary/aromatic N) is 1. The molecule has 0 saturated heterocycles. The fourth-order valence-corrected chi connectivity index (χ4v) is 3.01. The van der Waals surface area contributed by atoms with Gasteiger partial charge in [-0.1, -0.05) is 23.7 Å². The zero-order valence-corrected chi connectivity index (χ0v) is 15.4. The number of hydrogen-bond donors (Lipinski definition) is 2. The molecule has 6 heteroatoms. The molecule has 0 fully saturated rings. The summed E-state index contributed by atoms with van der Waals surface area (Å²) >= 11 is 6.08. The Morgan fingerprint density at radius 1 is 1.15 bits per heavy atom. The number of anilines is 2. The Morgan fingerprint density at radius 3 is 2.58 bits per heavy atom. The van der Waals surface area contributed by atoms with E-state index in [1.807, 2.05) is 18.2 Å². The Kier molecular flexibility index (Phi) is 5.28. The predicted molar refractivity (Wildman–Crippen MR) is 105 cm³/mol. The molecule has 0 aliphatic carbocycles. The molecule has 0 aliphatic rings. The average molecular weight is 370 g/mol. The standard InChI is InChI=1S/C20H20ClN3O2/c1-3-24(4-2)14-10-9-13-11-15(19(22)26-18(13)12-14)20(25)23-17-8-6-5-7-16(17)21/h5-12,22H,3-4H2,1-2H3,(H,23,25). The van der Waals surface area contributed by atoms with Gasteiger partial charge in [0.25, 0.3) is 5.91 Å². The Balaban J connectivity index is 1.96. The first-order valence-corrected chi connectivity index (χ1v) is 8.84. The van der Waals surface area contributed by atoms with Gasteiger partial charge in [-0.25, -0.2) is 0 Å². The molecule has 0 atom stereocenters. The molecular weight excluding hydrogens is 350 g/mol. The summed E-state index contributed by atoms with van der Waals surface area (Å²) < 4.78 is 5.61. The summed E-state index contributed by atoms with van der Waals surface area (Å²) in [5, 5.41) is 12.0. The maximum atomic E-state index is 12.5. The van der Waals surface area contributed by atoms with Crippen molar-refractivity contribution in [2.75, 3.05) is 23.3 Å². The monoisotopic (exact) mass is 369 g/mol. The number of fused-ring (bicyclic) bond motifs is 1. The van der Waals surface area contributed by atoms with Gasteiger partial charge in [0.05, 0.1) is 10.7 Å². The van der Waals surface area contributed by atoms with Crippen LogP contribution in [0.5, 0.6) is 0 Å². The average Bonchev–Trinajstić information content (AvgIpc) is 2.64. The molecule has 1 aromatic heterocycles. The molecule has 1 amide bonds. The molecule has 0 saturated carbocycles. The predicted octanol–water partition coefficient (Wildman–Crippen LogP) is 4.66. The van der Waals surface area contributed by atoms with E-state index in [1.54, 1.807) is 30.3 Å². The van der Waals surface area contributed by atoms with Crippen molar-refractivity contribution >= 4 is 39.9 Å². The highest BCUT2D eigenvalue weighted by atomic mass is 35.5. The van der Waals surface area contributed by atoms with Crippen LogP contribution in [0.15, 0.2) is 52.9 Å². The summed E-state index contributed by atoms with van der Waals surface area (Å²) in [4.78, 5) is 14.7. The van der Waals surface area contributed by atoms with E-state index in [0.717, 1.165) is 24.2 Å². The third kappa shape index (κ3) is 3.58. The lowest BCUT2D eigenvalue weighted by molar-refractivity contribution is 0.102. The number of hydrogen-bond acceptors (Lipinski definition) is 4. The fourth-order valence-electron chi connectivity index (χ4n) is 2.82. The molecule has 2 aromatic carbocycles. The molecule has 0 aliphatic heterocycles. The summed E-state index contributed by atoms with van der Waals surface area (Å²) in [6, 6.07) is 14.4. The summed E-state index contributed by atoms with van der Waals surface area (Å²) in [7, 11) is 0. The number of nitrogens with one attached hydrogen (secondary N) is 2. The fraction of sp³-hybridized carbons (Fsp3) is 0.200. The lowest BCUT2D eigenvalue weighted by Crippen LogP contribution is -2.22. The number of benzene rings is 2. The third-order valence-electron chi connectivity index (χ3n) is 4.25. The zero-order chi connectivity index (χ0) is 18.7. The molecule has 3 aromatic rings. The number of rotatable bonds is 5. The number of para-hydroxylation sites is 1. The Labute approximate surface area is 156 Å². The highest BCUT2D eigenvalue weighted by molar-refractivity contribution is 6.33. The second-order valence-corrected chi connectivity index (χ2v) is 6.22. The van der Waals surface area contributed by atoms with Crippen LogP contribution >= 0.6 is 11.6 Å². The van der Waals surface area contributed by atoms with Crippen molar-refractivity contribution in [2.24, 2.45) is 0 Å². The van der Waals surface area contributed by atoms with E-state index in [9.17, 15) is 4.79 Å². The Hall–Kier alpha value is -2.79. The topological polar surface area (TPSA) is 69.3 Å². The summed E-state index contributed by atoms with van der Waals surface area (Å²) in [6.45, 7) is 5.94. The number of amides is 1. The van der Waals surface area contributed by atoms with E-state index in [-0.39, 0.29) is 11.1 Å². The smallest absolute Gasteiger partial charge is 0.261 e. The van der Waals surface area contributed by atoms with Gasteiger partial charge < -0.3 is 14.6 Å². The minimum atomic E-state index is -0.429. The molecule has 0 unspecified atom stereocenters. The van der Waals surface area contributed by atoms with Gasteiger partial charge in [-0.2, -0.15) is 0 Å². The van der Waals surface area contributed by atoms with Gasteiger partial charge >= 0.3 is 0 Å². The highest BCUT2D eigenvalue weighted by Crippen LogP contribution is 2.23. The van der Waals surface area contributed by atoms with Crippen molar-refractivity contribution in [3.05, 3.63) is 64.7 Å². The molecule has 0 bridgehead atoms. The van der Waals surface area contributed by atoms with Crippen molar-refractivity contribution in [3.63, 3.8) is 0 Å². The van der Waals surface area contributed by atoms with E-state index >= 15 is 0 Å². The minimum absolute atomic E-state index is 0.160. The van der Waals surface area contributed by atoms with Crippen LogP contribution in [0.25, 0.3) is 11.0 Å². The highest BCUT2D eigenvalue weighted by Gasteiger charge is 2.14. The molecule has 0 radical (unpaired) electrons. The number of carbonyl (C=O) groups is 1. The molecule has 1 heterocycles. The van der Waals surface area contributed by atoms with Crippen LogP contribution < -0.4 is 15.8 Å². The quantitative estimate of drug-likeness (QED) is 0.687. The van der Waals surface area contributed by atoms with Crippen LogP contribution in [0.4, 0.5) is 11.4 Å². The van der Waals surface area contributed by atoms with Crippen molar-refractivity contribution in [1.29, 1.82) is 5.41 Å². The van der Waals surface area contributed by atoms with E-state index in [4.69, 9.17) is 21.4 Å². The molecule has 134 valence electrons. The first kappa shape index (κ1) is 18.0. The Morgan fingerprint density at radius 2 is 1.88 bits per heavy atom. The first-order valence-electron chi connectivity index (χ1n) is 8.46. The van der Waals surface area contributed by atoms with Gasteiger partial charge in [-0.15, -0.1) is 0 Å². The maximum absolute atomic E-state index is 12.5. The van der Waals surface area contributed by atoms with Crippen molar-refractivity contribution in [3.8, 4) is 0 Å². The van der Waals surface area contributed by atoms with E-state index < -0.39 is 5.91 Å². The van der Waals surface area contributed by atoms with Gasteiger partial charge in [-0.3, -0.25) is 10.2 Å². The van der Waals surface area contributed by atoms with Crippen LogP contribution in [0.1, 0.15) is 24.2 Å². The first-order chi connectivity index (χ1) is 12.5. The van der Waals surface area contributed by atoms with E-state index in [2.05, 4.69) is 24.1 Å². The van der Waals surface area contributed by atoms with Crippen LogP contribution in [-0.4, -0.2) is 19.0 Å². The molecule has 26 heavy (non-hydrogen) atoms. The number of carbonyl (C=O) groups excluding carboxylic acids is 1. The van der Waals surface area contributed by atoms with Crippen LogP contribution in [0.2, 0.25) is 5.02 Å². The molecule has 0 spiro atoms. The lowest BCUT2D eigenvalue weighted by Gasteiger charge is -2.21. The lowest BCUT2D eigenvalue weighted by atomic mass is 10.1. The van der Waals surface area contributed by atoms with Crippen molar-refractivity contribution < 1.29 is 9.21 Å². The minimum Gasteiger partial charge on any atom is -0.438 e. The van der Waals surface area contributed by atoms with Crippen molar-refractivity contribution in [2.45, 2.75) is 13.8 Å². The third-order valence-corrected chi connectivity index (χ3v) is 4.58. The summed E-state index contributed by atoms with van der Waals surface area (Å²) in [5.74, 6) is -0.429. The molecule has 5 nitrogen and oxygen atoms in total. The largest absolute Gasteiger partial charge is 0.438 e. The maximum Gasteiger partial charge on any atom is 0.261 e. The normalized spacial score (nSPS) is 10.7. The van der Waals surface area contributed by atoms with Gasteiger partial charge in [0.15, 0.2) is 0 Å². The van der Waals surface area contributed by atoms with Gasteiger partial charge in [0, 0.05) is 30.2 Å². The van der Waals surface area contributed by atoms with Crippen LogP contribution in [0, 0.1) is 5.41 Å². The second-order valence-electron chi connectivity index (χ2n) is 5.82. The number of halogens is 1. The van der Waals surface area contributed by atoms with Crippen LogP contribution in [0.3, 0.4) is 0 Å². The Bertz CT molecular complexity index is 1010. The summed E-state index contributed by atoms with van der Waals surface area (Å²) in [6.07, 6.45) is 0. The summed E-state index contributed by atoms with van der Waals surface area (Å²) in [5.41, 5.74) is 2.08. The molecule has 2 N–H and O–H groups in total. The van der Waals surface area contributed by atoms with Crippen molar-refractivity contribution in [1.82, 2.24) is 0 Å². The molecular formula is C20H20ClN3O2. The van der Waals surface area contributed by atoms with E-state index in [0.29, 0.717) is 16.3 Å². The van der Waals surface area contributed by atoms with E-state index in [1.165, 1.54) is 0 Å². The van der Waals surface area contributed by atoms with Gasteiger partial charge in [0.2, 0.25) is 5.55 Å². The SMILES string of the molecule is CCN(CC)c1ccc2cc(C(=O)Nc3ccccc3Cl)c(=N)oc2c1. The van der Waals surface area contributed by atoms with Crippen LogP contribution in [-0.2, 0) is 0 Å². The van der Waals surface area contributed by atoms with Gasteiger partial charge in [0.1, 0.15) is 11.1 Å². The van der Waals surface area contributed by atoms with Gasteiger partial charge in [-0.05, 0) is 44.2 Å². The molecule has 3 rings (SSSR count).